The van der Waals surface area contributed by atoms with Gasteiger partial charge in [-0.1, -0.05) is 5.16 Å². The number of benzene rings is 1. The van der Waals surface area contributed by atoms with Crippen LogP contribution in [0.5, 0.6) is 0 Å². The standard InChI is InChI=1S/C20H25N7O2/c1-13-22-17-12-15(4-6-18(17)29-13)27(3)20(25-28)16-5-7-19(24-23-16)26(2)14-8-10-21-11-9-14/h4-7,12,14,21,28H,8-11H2,1-3H3/b25-20+. The summed E-state index contributed by atoms with van der Waals surface area (Å²) in [4.78, 5) is 8.26. The maximum atomic E-state index is 9.64. The van der Waals surface area contributed by atoms with Crippen molar-refractivity contribution < 1.29 is 9.62 Å². The first-order chi connectivity index (χ1) is 14.1. The Labute approximate surface area is 169 Å². The third kappa shape index (κ3) is 3.86. The highest BCUT2D eigenvalue weighted by molar-refractivity contribution is 6.08. The summed E-state index contributed by atoms with van der Waals surface area (Å²) in [5, 5.41) is 25.1. The molecule has 3 aromatic rings. The molecule has 1 saturated heterocycles. The number of piperidine rings is 1. The smallest absolute Gasteiger partial charge is 0.199 e. The number of fused-ring (bicyclic) bond motifs is 1. The van der Waals surface area contributed by atoms with Gasteiger partial charge in [0.05, 0.1) is 0 Å². The van der Waals surface area contributed by atoms with Crippen LogP contribution in [0.1, 0.15) is 24.4 Å². The number of nitrogens with one attached hydrogen (secondary N) is 1. The van der Waals surface area contributed by atoms with Crippen molar-refractivity contribution in [2.75, 3.05) is 37.0 Å². The van der Waals surface area contributed by atoms with Crippen LogP contribution in [0.15, 0.2) is 39.9 Å². The van der Waals surface area contributed by atoms with Crippen LogP contribution in [0.4, 0.5) is 11.5 Å². The third-order valence-electron chi connectivity index (χ3n) is 5.38. The van der Waals surface area contributed by atoms with E-state index in [1.807, 2.05) is 44.3 Å². The van der Waals surface area contributed by atoms with Gasteiger partial charge in [0, 0.05) is 32.7 Å². The van der Waals surface area contributed by atoms with Crippen molar-refractivity contribution in [2.45, 2.75) is 25.8 Å². The molecule has 2 N–H and O–H groups in total. The van der Waals surface area contributed by atoms with E-state index >= 15 is 0 Å². The van der Waals surface area contributed by atoms with E-state index in [0.29, 0.717) is 29.0 Å². The minimum atomic E-state index is 0.299. The molecule has 0 spiro atoms. The number of oxazole rings is 1. The molecule has 0 radical (unpaired) electrons. The largest absolute Gasteiger partial charge is 0.441 e. The van der Waals surface area contributed by atoms with E-state index in [1.54, 1.807) is 11.9 Å². The summed E-state index contributed by atoms with van der Waals surface area (Å²) in [5.74, 6) is 1.71. The van der Waals surface area contributed by atoms with Crippen molar-refractivity contribution in [3.63, 3.8) is 0 Å². The number of hydrogen-bond donors (Lipinski definition) is 2. The van der Waals surface area contributed by atoms with Crippen LogP contribution in [0.3, 0.4) is 0 Å². The molecule has 1 aliphatic rings. The molecule has 0 unspecified atom stereocenters. The van der Waals surface area contributed by atoms with Crippen molar-refractivity contribution in [3.8, 4) is 0 Å². The van der Waals surface area contributed by atoms with Gasteiger partial charge in [-0.25, -0.2) is 4.98 Å². The Morgan fingerprint density at radius 2 is 1.97 bits per heavy atom. The van der Waals surface area contributed by atoms with E-state index in [2.05, 4.69) is 30.6 Å². The molecule has 3 heterocycles. The van der Waals surface area contributed by atoms with E-state index in [9.17, 15) is 5.21 Å². The Hall–Kier alpha value is -3.20. The molecule has 4 rings (SSSR count). The molecule has 1 aliphatic heterocycles. The predicted molar refractivity (Wildman–Crippen MR) is 112 cm³/mol. The molecule has 0 saturated carbocycles. The van der Waals surface area contributed by atoms with E-state index in [1.165, 1.54) is 0 Å². The molecule has 1 aromatic carbocycles. The van der Waals surface area contributed by atoms with Gasteiger partial charge in [0.25, 0.3) is 0 Å². The Balaban J connectivity index is 1.54. The highest BCUT2D eigenvalue weighted by Gasteiger charge is 2.21. The molecule has 2 aromatic heterocycles. The molecular weight excluding hydrogens is 370 g/mol. The number of oxime groups is 1. The number of aryl methyl sites for hydroxylation is 1. The molecule has 0 atom stereocenters. The van der Waals surface area contributed by atoms with Crippen LogP contribution in [0.2, 0.25) is 0 Å². The average Bonchev–Trinajstić information content (AvgIpc) is 3.14. The summed E-state index contributed by atoms with van der Waals surface area (Å²) >= 11 is 0. The summed E-state index contributed by atoms with van der Waals surface area (Å²) in [5.41, 5.74) is 2.74. The molecular formula is C20H25N7O2. The van der Waals surface area contributed by atoms with Crippen molar-refractivity contribution in [1.82, 2.24) is 20.5 Å². The lowest BCUT2D eigenvalue weighted by molar-refractivity contribution is 0.318. The first-order valence-corrected chi connectivity index (χ1v) is 9.67. The van der Waals surface area contributed by atoms with Crippen LogP contribution in [0, 0.1) is 6.92 Å². The Morgan fingerprint density at radius 1 is 1.17 bits per heavy atom. The summed E-state index contributed by atoms with van der Waals surface area (Å²) in [6.45, 7) is 3.84. The maximum absolute atomic E-state index is 9.64. The van der Waals surface area contributed by atoms with Gasteiger partial charge >= 0.3 is 0 Å². The Bertz CT molecular complexity index is 1010. The van der Waals surface area contributed by atoms with Crippen LogP contribution < -0.4 is 15.1 Å². The lowest BCUT2D eigenvalue weighted by Crippen LogP contribution is -2.41. The van der Waals surface area contributed by atoms with Gasteiger partial charge in [0.2, 0.25) is 0 Å². The second-order valence-corrected chi connectivity index (χ2v) is 7.24. The number of amidine groups is 1. The summed E-state index contributed by atoms with van der Waals surface area (Å²) in [6, 6.07) is 9.79. The monoisotopic (exact) mass is 395 g/mol. The van der Waals surface area contributed by atoms with Gasteiger partial charge in [0.15, 0.2) is 23.1 Å². The zero-order valence-electron chi connectivity index (χ0n) is 16.8. The molecule has 9 heteroatoms. The normalized spacial score (nSPS) is 15.6. The quantitative estimate of drug-likeness (QED) is 0.300. The van der Waals surface area contributed by atoms with E-state index < -0.39 is 0 Å². The summed E-state index contributed by atoms with van der Waals surface area (Å²) in [6.07, 6.45) is 2.16. The van der Waals surface area contributed by atoms with Gasteiger partial charge in [-0.2, -0.15) is 0 Å². The molecule has 1 fully saturated rings. The van der Waals surface area contributed by atoms with E-state index in [0.717, 1.165) is 43.0 Å². The fourth-order valence-corrected chi connectivity index (χ4v) is 3.67. The predicted octanol–water partition coefficient (Wildman–Crippen LogP) is 2.39. The number of anilines is 2. The van der Waals surface area contributed by atoms with Crippen LogP contribution >= 0.6 is 0 Å². The average molecular weight is 395 g/mol. The van der Waals surface area contributed by atoms with E-state index in [4.69, 9.17) is 4.42 Å². The minimum Gasteiger partial charge on any atom is -0.441 e. The molecule has 152 valence electrons. The summed E-state index contributed by atoms with van der Waals surface area (Å²) in [7, 11) is 3.85. The highest BCUT2D eigenvalue weighted by Crippen LogP contribution is 2.23. The summed E-state index contributed by atoms with van der Waals surface area (Å²) < 4.78 is 5.52. The first-order valence-electron chi connectivity index (χ1n) is 9.67. The van der Waals surface area contributed by atoms with Crippen LogP contribution in [0.25, 0.3) is 11.1 Å². The molecule has 0 bridgehead atoms. The molecule has 9 nitrogen and oxygen atoms in total. The van der Waals surface area contributed by atoms with Crippen LogP contribution in [-0.4, -0.2) is 59.5 Å². The van der Waals surface area contributed by atoms with Crippen molar-refractivity contribution in [2.24, 2.45) is 5.16 Å². The number of nitrogens with zero attached hydrogens (tertiary/aromatic N) is 6. The van der Waals surface area contributed by atoms with Gasteiger partial charge in [-0.3, -0.25) is 0 Å². The SMILES string of the molecule is Cc1nc2cc(N(C)/C(=N/O)c3ccc(N(C)C4CCNCC4)nn3)ccc2o1. The van der Waals surface area contributed by atoms with Crippen molar-refractivity contribution in [3.05, 3.63) is 41.9 Å². The maximum Gasteiger partial charge on any atom is 0.199 e. The fraction of sp³-hybridized carbons (Fsp3) is 0.400. The highest BCUT2D eigenvalue weighted by atomic mass is 16.4. The molecule has 0 aliphatic carbocycles. The lowest BCUT2D eigenvalue weighted by atomic mass is 10.1. The third-order valence-corrected chi connectivity index (χ3v) is 5.38. The fourth-order valence-electron chi connectivity index (χ4n) is 3.67. The molecule has 0 amide bonds. The van der Waals surface area contributed by atoms with Crippen LogP contribution in [-0.2, 0) is 0 Å². The van der Waals surface area contributed by atoms with Crippen molar-refractivity contribution in [1.29, 1.82) is 0 Å². The zero-order chi connectivity index (χ0) is 20.4. The van der Waals surface area contributed by atoms with Gasteiger partial charge in [0.1, 0.15) is 11.2 Å². The second kappa shape index (κ2) is 8.04. The first kappa shape index (κ1) is 19.1. The van der Waals surface area contributed by atoms with E-state index in [-0.39, 0.29) is 0 Å². The number of aromatic nitrogens is 3. The molecule has 29 heavy (non-hydrogen) atoms. The topological polar surface area (TPSA) is 103 Å². The van der Waals surface area contributed by atoms with Gasteiger partial charge in [-0.15, -0.1) is 10.2 Å². The van der Waals surface area contributed by atoms with Gasteiger partial charge < -0.3 is 24.7 Å². The Kier molecular flexibility index (Phi) is 5.30. The van der Waals surface area contributed by atoms with Crippen molar-refractivity contribution >= 4 is 28.4 Å². The Morgan fingerprint density at radius 3 is 2.66 bits per heavy atom. The minimum absolute atomic E-state index is 0.299. The number of hydrogen-bond acceptors (Lipinski definition) is 8. The number of rotatable bonds is 4. The van der Waals surface area contributed by atoms with Gasteiger partial charge in [-0.05, 0) is 56.3 Å². The zero-order valence-corrected chi connectivity index (χ0v) is 16.8. The second-order valence-electron chi connectivity index (χ2n) is 7.24. The lowest BCUT2D eigenvalue weighted by Gasteiger charge is -2.32.